The van der Waals surface area contributed by atoms with Gasteiger partial charge in [0.15, 0.2) is 0 Å². The van der Waals surface area contributed by atoms with Crippen LogP contribution in [-0.2, 0) is 6.42 Å². The Labute approximate surface area is 90.9 Å². The van der Waals surface area contributed by atoms with Gasteiger partial charge in [-0.1, -0.05) is 24.3 Å². The SMILES string of the molecule is N#CCc1ccccc1C1CCNCC1. The summed E-state index contributed by atoms with van der Waals surface area (Å²) >= 11 is 0. The maximum absolute atomic E-state index is 8.78. The first-order chi connectivity index (χ1) is 7.42. The lowest BCUT2D eigenvalue weighted by Gasteiger charge is -2.24. The molecule has 0 saturated carbocycles. The van der Waals surface area contributed by atoms with Gasteiger partial charge in [0.1, 0.15) is 0 Å². The summed E-state index contributed by atoms with van der Waals surface area (Å²) in [5, 5.41) is 12.2. The largest absolute Gasteiger partial charge is 0.317 e. The van der Waals surface area contributed by atoms with E-state index in [1.807, 2.05) is 6.07 Å². The molecule has 1 aromatic rings. The molecule has 0 aromatic heterocycles. The third-order valence-corrected chi connectivity index (χ3v) is 3.10. The van der Waals surface area contributed by atoms with E-state index in [1.165, 1.54) is 24.0 Å². The van der Waals surface area contributed by atoms with Crippen LogP contribution in [0.3, 0.4) is 0 Å². The van der Waals surface area contributed by atoms with Crippen LogP contribution in [0.4, 0.5) is 0 Å². The van der Waals surface area contributed by atoms with Gasteiger partial charge in [-0.15, -0.1) is 0 Å². The summed E-state index contributed by atoms with van der Waals surface area (Å²) in [5.41, 5.74) is 2.60. The van der Waals surface area contributed by atoms with Crippen molar-refractivity contribution < 1.29 is 0 Å². The zero-order chi connectivity index (χ0) is 10.5. The topological polar surface area (TPSA) is 35.8 Å². The van der Waals surface area contributed by atoms with Gasteiger partial charge in [-0.25, -0.2) is 0 Å². The Bertz CT molecular complexity index is 359. The highest BCUT2D eigenvalue weighted by molar-refractivity contribution is 5.32. The summed E-state index contributed by atoms with van der Waals surface area (Å²) in [5.74, 6) is 0.649. The van der Waals surface area contributed by atoms with E-state index in [2.05, 4.69) is 29.6 Å². The summed E-state index contributed by atoms with van der Waals surface area (Å²) < 4.78 is 0. The van der Waals surface area contributed by atoms with Crippen LogP contribution in [0.15, 0.2) is 24.3 Å². The lowest BCUT2D eigenvalue weighted by Crippen LogP contribution is -2.27. The molecule has 15 heavy (non-hydrogen) atoms. The Morgan fingerprint density at radius 1 is 1.27 bits per heavy atom. The third-order valence-electron chi connectivity index (χ3n) is 3.10. The van der Waals surface area contributed by atoms with Crippen molar-refractivity contribution in [3.63, 3.8) is 0 Å². The molecule has 1 fully saturated rings. The number of nitrogens with one attached hydrogen (secondary N) is 1. The van der Waals surface area contributed by atoms with Gasteiger partial charge >= 0.3 is 0 Å². The molecule has 0 atom stereocenters. The molecular formula is C13H16N2. The summed E-state index contributed by atoms with van der Waals surface area (Å²) in [6.07, 6.45) is 2.94. The minimum Gasteiger partial charge on any atom is -0.317 e. The highest BCUT2D eigenvalue weighted by Gasteiger charge is 2.17. The van der Waals surface area contributed by atoms with Crippen LogP contribution < -0.4 is 5.32 Å². The van der Waals surface area contributed by atoms with E-state index in [4.69, 9.17) is 5.26 Å². The van der Waals surface area contributed by atoms with Gasteiger partial charge in [-0.05, 0) is 43.0 Å². The molecule has 0 amide bonds. The van der Waals surface area contributed by atoms with Gasteiger partial charge in [-0.2, -0.15) is 5.26 Å². The van der Waals surface area contributed by atoms with Crippen LogP contribution >= 0.6 is 0 Å². The van der Waals surface area contributed by atoms with E-state index in [0.29, 0.717) is 12.3 Å². The molecule has 1 N–H and O–H groups in total. The zero-order valence-corrected chi connectivity index (χ0v) is 8.87. The van der Waals surface area contributed by atoms with Gasteiger partial charge < -0.3 is 5.32 Å². The van der Waals surface area contributed by atoms with Crippen LogP contribution in [-0.4, -0.2) is 13.1 Å². The van der Waals surface area contributed by atoms with Crippen molar-refractivity contribution in [3.05, 3.63) is 35.4 Å². The van der Waals surface area contributed by atoms with E-state index in [1.54, 1.807) is 0 Å². The molecule has 2 rings (SSSR count). The fraction of sp³-hybridized carbons (Fsp3) is 0.462. The number of hydrogen-bond acceptors (Lipinski definition) is 2. The van der Waals surface area contributed by atoms with Crippen LogP contribution in [0.2, 0.25) is 0 Å². The predicted molar refractivity (Wildman–Crippen MR) is 60.6 cm³/mol. The highest BCUT2D eigenvalue weighted by atomic mass is 14.9. The standard InChI is InChI=1S/C13H16N2/c14-8-5-11-3-1-2-4-13(11)12-6-9-15-10-7-12/h1-4,12,15H,5-7,9-10H2. The molecular weight excluding hydrogens is 184 g/mol. The van der Waals surface area contributed by atoms with Crippen LogP contribution in [0, 0.1) is 11.3 Å². The Morgan fingerprint density at radius 2 is 2.00 bits per heavy atom. The summed E-state index contributed by atoms with van der Waals surface area (Å²) in [6.45, 7) is 2.21. The average molecular weight is 200 g/mol. The minimum atomic E-state index is 0.542. The Balaban J connectivity index is 2.21. The van der Waals surface area contributed by atoms with E-state index < -0.39 is 0 Å². The van der Waals surface area contributed by atoms with Crippen molar-refractivity contribution in [2.45, 2.75) is 25.2 Å². The van der Waals surface area contributed by atoms with Gasteiger partial charge in [0.2, 0.25) is 0 Å². The van der Waals surface area contributed by atoms with Crippen molar-refractivity contribution in [2.75, 3.05) is 13.1 Å². The molecule has 1 heterocycles. The second-order valence-corrected chi connectivity index (χ2v) is 4.06. The molecule has 0 aliphatic carbocycles. The smallest absolute Gasteiger partial charge is 0.0669 e. The summed E-state index contributed by atoms with van der Waals surface area (Å²) in [7, 11) is 0. The highest BCUT2D eigenvalue weighted by Crippen LogP contribution is 2.28. The maximum Gasteiger partial charge on any atom is 0.0669 e. The lowest BCUT2D eigenvalue weighted by atomic mass is 9.86. The van der Waals surface area contributed by atoms with Crippen molar-refractivity contribution in [2.24, 2.45) is 0 Å². The molecule has 1 saturated heterocycles. The molecule has 1 aromatic carbocycles. The van der Waals surface area contributed by atoms with E-state index in [0.717, 1.165) is 13.1 Å². The lowest BCUT2D eigenvalue weighted by molar-refractivity contribution is 0.459. The first-order valence-electron chi connectivity index (χ1n) is 5.57. The van der Waals surface area contributed by atoms with Crippen molar-refractivity contribution in [1.82, 2.24) is 5.32 Å². The van der Waals surface area contributed by atoms with Gasteiger partial charge in [0, 0.05) is 0 Å². The molecule has 0 spiro atoms. The average Bonchev–Trinajstić information content (AvgIpc) is 2.31. The monoisotopic (exact) mass is 200 g/mol. The van der Waals surface area contributed by atoms with E-state index in [9.17, 15) is 0 Å². The Kier molecular flexibility index (Phi) is 3.37. The third kappa shape index (κ3) is 2.37. The number of benzene rings is 1. The first-order valence-corrected chi connectivity index (χ1v) is 5.57. The zero-order valence-electron chi connectivity index (χ0n) is 8.87. The summed E-state index contributed by atoms with van der Waals surface area (Å²) in [4.78, 5) is 0. The van der Waals surface area contributed by atoms with E-state index in [-0.39, 0.29) is 0 Å². The maximum atomic E-state index is 8.78. The van der Waals surface area contributed by atoms with Gasteiger partial charge in [0.05, 0.1) is 12.5 Å². The number of piperidine rings is 1. The van der Waals surface area contributed by atoms with Crippen LogP contribution in [0.1, 0.15) is 29.9 Å². The number of nitriles is 1. The molecule has 1 aliphatic heterocycles. The molecule has 0 unspecified atom stereocenters. The molecule has 78 valence electrons. The van der Waals surface area contributed by atoms with Gasteiger partial charge in [-0.3, -0.25) is 0 Å². The van der Waals surface area contributed by atoms with Crippen molar-refractivity contribution in [3.8, 4) is 6.07 Å². The summed E-state index contributed by atoms with van der Waals surface area (Å²) in [6, 6.07) is 10.6. The predicted octanol–water partition coefficient (Wildman–Crippen LogP) is 2.22. The van der Waals surface area contributed by atoms with Crippen molar-refractivity contribution >= 4 is 0 Å². The van der Waals surface area contributed by atoms with Crippen molar-refractivity contribution in [1.29, 1.82) is 5.26 Å². The minimum absolute atomic E-state index is 0.542. The van der Waals surface area contributed by atoms with Gasteiger partial charge in [0.25, 0.3) is 0 Å². The second kappa shape index (κ2) is 4.95. The van der Waals surface area contributed by atoms with Crippen LogP contribution in [0.25, 0.3) is 0 Å². The van der Waals surface area contributed by atoms with Crippen LogP contribution in [0.5, 0.6) is 0 Å². The number of hydrogen-bond donors (Lipinski definition) is 1. The molecule has 0 bridgehead atoms. The second-order valence-electron chi connectivity index (χ2n) is 4.06. The quantitative estimate of drug-likeness (QED) is 0.794. The molecule has 0 radical (unpaired) electrons. The molecule has 2 heteroatoms. The fourth-order valence-corrected chi connectivity index (χ4v) is 2.31. The number of rotatable bonds is 2. The number of nitrogens with zero attached hydrogens (tertiary/aromatic N) is 1. The van der Waals surface area contributed by atoms with E-state index >= 15 is 0 Å². The first kappa shape index (κ1) is 10.2. The molecule has 2 nitrogen and oxygen atoms in total. The Hall–Kier alpha value is -1.33. The fourth-order valence-electron chi connectivity index (χ4n) is 2.31. The normalized spacial score (nSPS) is 17.3. The molecule has 1 aliphatic rings. The Morgan fingerprint density at radius 3 is 2.73 bits per heavy atom.